The van der Waals surface area contributed by atoms with Crippen molar-refractivity contribution >= 4 is 56.2 Å². The van der Waals surface area contributed by atoms with E-state index in [9.17, 15) is 13.2 Å². The van der Waals surface area contributed by atoms with E-state index in [-0.39, 0.29) is 26.5 Å². The molecule has 0 unspecified atom stereocenters. The average molecular weight is 455 g/mol. The van der Waals surface area contributed by atoms with Crippen LogP contribution in [0.3, 0.4) is 0 Å². The molecule has 5 nitrogen and oxygen atoms in total. The fraction of sp³-hybridized carbons (Fsp3) is 0.105. The topological polar surface area (TPSA) is 75.3 Å². The van der Waals surface area contributed by atoms with E-state index in [0.29, 0.717) is 12.1 Å². The molecule has 1 heterocycles. The Hall–Kier alpha value is -2.06. The Kier molecular flexibility index (Phi) is 6.61. The molecule has 0 atom stereocenters. The Bertz CT molecular complexity index is 1080. The van der Waals surface area contributed by atoms with Gasteiger partial charge in [-0.15, -0.1) is 11.3 Å². The summed E-state index contributed by atoms with van der Waals surface area (Å²) >= 11 is 13.4. The minimum atomic E-state index is -3.87. The zero-order valence-corrected chi connectivity index (χ0v) is 17.6. The second-order valence-electron chi connectivity index (χ2n) is 5.85. The third-order valence-electron chi connectivity index (χ3n) is 3.82. The van der Waals surface area contributed by atoms with Gasteiger partial charge in [-0.05, 0) is 54.3 Å². The zero-order chi connectivity index (χ0) is 20.1. The number of anilines is 1. The van der Waals surface area contributed by atoms with E-state index in [1.165, 1.54) is 29.1 Å². The predicted octanol–water partition coefficient (Wildman–Crippen LogP) is 4.83. The lowest BCUT2D eigenvalue weighted by atomic mass is 10.2. The van der Waals surface area contributed by atoms with Crippen LogP contribution in [0.4, 0.5) is 5.69 Å². The van der Waals surface area contributed by atoms with Gasteiger partial charge in [0.15, 0.2) is 0 Å². The van der Waals surface area contributed by atoms with Crippen molar-refractivity contribution < 1.29 is 13.2 Å². The average Bonchev–Trinajstić information content (AvgIpc) is 3.17. The predicted molar refractivity (Wildman–Crippen MR) is 114 cm³/mol. The van der Waals surface area contributed by atoms with Crippen molar-refractivity contribution in [2.24, 2.45) is 0 Å². The lowest BCUT2D eigenvalue weighted by molar-refractivity contribution is 0.0954. The molecule has 3 aromatic rings. The number of hydrogen-bond acceptors (Lipinski definition) is 4. The molecule has 28 heavy (non-hydrogen) atoms. The summed E-state index contributed by atoms with van der Waals surface area (Å²) in [6, 6.07) is 14.3. The van der Waals surface area contributed by atoms with Gasteiger partial charge < -0.3 is 5.32 Å². The first-order chi connectivity index (χ1) is 13.3. The molecule has 0 spiro atoms. The first kappa shape index (κ1) is 20.7. The Labute approximate surface area is 177 Å². The van der Waals surface area contributed by atoms with Crippen LogP contribution in [0.25, 0.3) is 0 Å². The Balaban J connectivity index is 1.68. The van der Waals surface area contributed by atoms with Crippen LogP contribution in [-0.4, -0.2) is 20.9 Å². The van der Waals surface area contributed by atoms with Gasteiger partial charge in [0.05, 0.1) is 14.9 Å². The summed E-state index contributed by atoms with van der Waals surface area (Å²) < 4.78 is 27.5. The fourth-order valence-corrected chi connectivity index (χ4v) is 4.59. The Morgan fingerprint density at radius 2 is 1.82 bits per heavy atom. The molecule has 146 valence electrons. The molecular weight excluding hydrogens is 439 g/mol. The van der Waals surface area contributed by atoms with Crippen LogP contribution < -0.4 is 10.0 Å². The second-order valence-corrected chi connectivity index (χ2v) is 9.38. The number of carbonyl (C=O) groups is 1. The van der Waals surface area contributed by atoms with Crippen LogP contribution in [0.1, 0.15) is 15.2 Å². The molecule has 2 aromatic carbocycles. The molecule has 0 aliphatic heterocycles. The van der Waals surface area contributed by atoms with Gasteiger partial charge in [-0.1, -0.05) is 35.3 Å². The van der Waals surface area contributed by atoms with Crippen molar-refractivity contribution in [2.75, 3.05) is 11.3 Å². The Morgan fingerprint density at radius 1 is 1.00 bits per heavy atom. The number of thiophene rings is 1. The van der Waals surface area contributed by atoms with Crippen molar-refractivity contribution in [3.05, 3.63) is 80.5 Å². The smallest absolute Gasteiger partial charge is 0.261 e. The molecule has 1 aromatic heterocycles. The highest BCUT2D eigenvalue weighted by Crippen LogP contribution is 2.26. The van der Waals surface area contributed by atoms with E-state index in [0.717, 1.165) is 6.42 Å². The largest absolute Gasteiger partial charge is 0.352 e. The highest BCUT2D eigenvalue weighted by Gasteiger charge is 2.16. The van der Waals surface area contributed by atoms with Crippen molar-refractivity contribution in [2.45, 2.75) is 11.3 Å². The third-order valence-corrected chi connectivity index (χ3v) is 6.87. The zero-order valence-electron chi connectivity index (χ0n) is 14.5. The maximum Gasteiger partial charge on any atom is 0.261 e. The number of amides is 1. The van der Waals surface area contributed by atoms with Crippen molar-refractivity contribution in [3.8, 4) is 0 Å². The van der Waals surface area contributed by atoms with Gasteiger partial charge in [0.25, 0.3) is 15.9 Å². The second kappa shape index (κ2) is 8.96. The quantitative estimate of drug-likeness (QED) is 0.536. The summed E-state index contributed by atoms with van der Waals surface area (Å²) in [5.74, 6) is -0.271. The number of carbonyl (C=O) groups excluding carboxylic acids is 1. The SMILES string of the molecule is O=C(NCCc1cccs1)c1cccc(NS(=O)(=O)c2ccc(Cl)c(Cl)c2)c1. The molecule has 0 saturated carbocycles. The van der Waals surface area contributed by atoms with Crippen LogP contribution in [0.15, 0.2) is 64.9 Å². The summed E-state index contributed by atoms with van der Waals surface area (Å²) in [6.45, 7) is 0.499. The summed E-state index contributed by atoms with van der Waals surface area (Å²) in [4.78, 5) is 13.5. The molecule has 0 radical (unpaired) electrons. The number of hydrogen-bond donors (Lipinski definition) is 2. The summed E-state index contributed by atoms with van der Waals surface area (Å²) in [5, 5.41) is 5.23. The van der Waals surface area contributed by atoms with Crippen LogP contribution in [0.2, 0.25) is 10.0 Å². The molecule has 2 N–H and O–H groups in total. The Morgan fingerprint density at radius 3 is 2.54 bits per heavy atom. The van der Waals surface area contributed by atoms with Gasteiger partial charge in [0.1, 0.15) is 0 Å². The van der Waals surface area contributed by atoms with E-state index in [4.69, 9.17) is 23.2 Å². The van der Waals surface area contributed by atoms with E-state index >= 15 is 0 Å². The standard InChI is InChI=1S/C19H16Cl2N2O3S2/c20-17-7-6-16(12-18(17)21)28(25,26)23-14-4-1-3-13(11-14)19(24)22-9-8-15-5-2-10-27-15/h1-7,10-12,23H,8-9H2,(H,22,24). The monoisotopic (exact) mass is 454 g/mol. The maximum absolute atomic E-state index is 12.5. The lowest BCUT2D eigenvalue weighted by Gasteiger charge is -2.10. The molecular formula is C19H16Cl2N2O3S2. The van der Waals surface area contributed by atoms with Gasteiger partial charge >= 0.3 is 0 Å². The summed E-state index contributed by atoms with van der Waals surface area (Å²) in [5.41, 5.74) is 0.637. The number of halogens is 2. The minimum Gasteiger partial charge on any atom is -0.352 e. The van der Waals surface area contributed by atoms with Crippen LogP contribution in [0.5, 0.6) is 0 Å². The molecule has 0 saturated heterocycles. The summed E-state index contributed by atoms with van der Waals surface area (Å²) in [6.07, 6.45) is 0.743. The summed E-state index contributed by atoms with van der Waals surface area (Å²) in [7, 11) is -3.87. The maximum atomic E-state index is 12.5. The van der Waals surface area contributed by atoms with Crippen molar-refractivity contribution in [1.29, 1.82) is 0 Å². The van der Waals surface area contributed by atoms with Gasteiger partial charge in [0, 0.05) is 22.7 Å². The van der Waals surface area contributed by atoms with Crippen LogP contribution in [0, 0.1) is 0 Å². The van der Waals surface area contributed by atoms with Gasteiger partial charge in [-0.3, -0.25) is 9.52 Å². The van der Waals surface area contributed by atoms with Gasteiger partial charge in [-0.2, -0.15) is 0 Å². The first-order valence-corrected chi connectivity index (χ1v) is 11.4. The molecule has 3 rings (SSSR count). The van der Waals surface area contributed by atoms with E-state index in [2.05, 4.69) is 10.0 Å². The first-order valence-electron chi connectivity index (χ1n) is 8.24. The molecule has 0 fully saturated rings. The minimum absolute atomic E-state index is 0.0206. The highest BCUT2D eigenvalue weighted by atomic mass is 35.5. The van der Waals surface area contributed by atoms with Crippen molar-refractivity contribution in [3.63, 3.8) is 0 Å². The van der Waals surface area contributed by atoms with Crippen LogP contribution >= 0.6 is 34.5 Å². The molecule has 0 bridgehead atoms. The molecule has 1 amide bonds. The van der Waals surface area contributed by atoms with Crippen molar-refractivity contribution in [1.82, 2.24) is 5.32 Å². The van der Waals surface area contributed by atoms with Gasteiger partial charge in [0.2, 0.25) is 0 Å². The van der Waals surface area contributed by atoms with E-state index in [1.807, 2.05) is 17.5 Å². The molecule has 0 aliphatic carbocycles. The fourth-order valence-electron chi connectivity index (χ4n) is 2.44. The third kappa shape index (κ3) is 5.26. The molecule has 9 heteroatoms. The van der Waals surface area contributed by atoms with Crippen LogP contribution in [-0.2, 0) is 16.4 Å². The normalized spacial score (nSPS) is 11.2. The number of rotatable bonds is 7. The number of benzene rings is 2. The van der Waals surface area contributed by atoms with E-state index in [1.54, 1.807) is 29.5 Å². The number of sulfonamides is 1. The lowest BCUT2D eigenvalue weighted by Crippen LogP contribution is -2.25. The van der Waals surface area contributed by atoms with Gasteiger partial charge in [-0.25, -0.2) is 8.42 Å². The highest BCUT2D eigenvalue weighted by molar-refractivity contribution is 7.92. The number of nitrogens with one attached hydrogen (secondary N) is 2. The van der Waals surface area contributed by atoms with E-state index < -0.39 is 10.0 Å². The molecule has 0 aliphatic rings.